The van der Waals surface area contributed by atoms with Gasteiger partial charge >= 0.3 is 6.09 Å². The van der Waals surface area contributed by atoms with E-state index < -0.39 is 5.60 Å². The molecule has 4 aromatic rings. The molecule has 1 aliphatic heterocycles. The predicted molar refractivity (Wildman–Crippen MR) is 164 cm³/mol. The number of piperazine rings is 1. The van der Waals surface area contributed by atoms with Gasteiger partial charge in [0.1, 0.15) is 22.9 Å². The van der Waals surface area contributed by atoms with Crippen molar-refractivity contribution in [2.75, 3.05) is 53.2 Å². The van der Waals surface area contributed by atoms with E-state index >= 15 is 0 Å². The average Bonchev–Trinajstić information content (AvgIpc) is 3.40. The van der Waals surface area contributed by atoms with E-state index in [-0.39, 0.29) is 6.09 Å². The van der Waals surface area contributed by atoms with Gasteiger partial charge in [0.15, 0.2) is 16.5 Å². The Morgan fingerprint density at radius 2 is 1.79 bits per heavy atom. The van der Waals surface area contributed by atoms with Gasteiger partial charge in [0.25, 0.3) is 0 Å². The quantitative estimate of drug-likeness (QED) is 0.194. The fourth-order valence-corrected chi connectivity index (χ4v) is 5.64. The summed E-state index contributed by atoms with van der Waals surface area (Å²) < 4.78 is 18.6. The van der Waals surface area contributed by atoms with Crippen LogP contribution in [0.4, 0.5) is 4.79 Å². The highest BCUT2D eigenvalue weighted by Crippen LogP contribution is 2.41. The lowest BCUT2D eigenvalue weighted by atomic mass is 10.0. The molecule has 11 nitrogen and oxygen atoms in total. The van der Waals surface area contributed by atoms with Gasteiger partial charge in [-0.05, 0) is 52.1 Å². The van der Waals surface area contributed by atoms with Crippen LogP contribution in [-0.4, -0.2) is 99.3 Å². The van der Waals surface area contributed by atoms with Crippen LogP contribution >= 0.6 is 23.4 Å². The van der Waals surface area contributed by atoms with E-state index in [1.165, 1.54) is 11.8 Å². The topological polar surface area (TPSA) is 107 Å². The zero-order valence-corrected chi connectivity index (χ0v) is 26.4. The molecule has 0 aliphatic carbocycles. The number of methoxy groups -OCH3 is 2. The highest BCUT2D eigenvalue weighted by molar-refractivity contribution is 7.98. The lowest BCUT2D eigenvalue weighted by molar-refractivity contribution is 0.0144. The molecule has 0 N–H and O–H groups in total. The highest BCUT2D eigenvalue weighted by Gasteiger charge is 2.26. The smallest absolute Gasteiger partial charge is 0.410 e. The van der Waals surface area contributed by atoms with Gasteiger partial charge < -0.3 is 19.1 Å². The van der Waals surface area contributed by atoms with Crippen molar-refractivity contribution in [1.82, 2.24) is 34.4 Å². The van der Waals surface area contributed by atoms with Crippen molar-refractivity contribution >= 4 is 46.1 Å². The standard InChI is InChI=1S/C29H36ClN7O4S/c1-29(2,3)41-28(38)36-12-10-35(11-13-36)9-7-8-23-33-34-26-21(20-15-19(39-4)16-22(40-5)24(20)30)14-18-17-31-27(42-6)32-25(18)37(23)26/h14-17H,7-13H2,1-6H3. The Bertz CT molecular complexity index is 1600. The zero-order valence-electron chi connectivity index (χ0n) is 24.8. The summed E-state index contributed by atoms with van der Waals surface area (Å²) in [5.41, 5.74) is 2.39. The van der Waals surface area contributed by atoms with Gasteiger partial charge in [-0.2, -0.15) is 0 Å². The number of carbonyl (C=O) groups is 1. The molecule has 1 fully saturated rings. The zero-order chi connectivity index (χ0) is 30.0. The maximum atomic E-state index is 12.4. The number of halogens is 1. The van der Waals surface area contributed by atoms with Crippen LogP contribution in [0.25, 0.3) is 27.8 Å². The normalized spacial score (nSPS) is 14.5. The minimum absolute atomic E-state index is 0.250. The lowest BCUT2D eigenvalue weighted by Gasteiger charge is -2.35. The van der Waals surface area contributed by atoms with Gasteiger partial charge in [-0.15, -0.1) is 10.2 Å². The minimum atomic E-state index is -0.495. The minimum Gasteiger partial charge on any atom is -0.497 e. The van der Waals surface area contributed by atoms with Gasteiger partial charge in [-0.3, -0.25) is 9.30 Å². The van der Waals surface area contributed by atoms with Gasteiger partial charge in [0, 0.05) is 61.4 Å². The molecule has 1 amide bonds. The number of hydrogen-bond acceptors (Lipinski definition) is 10. The lowest BCUT2D eigenvalue weighted by Crippen LogP contribution is -2.50. The van der Waals surface area contributed by atoms with Gasteiger partial charge in [-0.25, -0.2) is 14.8 Å². The average molecular weight is 614 g/mol. The second kappa shape index (κ2) is 12.5. The maximum absolute atomic E-state index is 12.4. The molecular weight excluding hydrogens is 578 g/mol. The molecule has 42 heavy (non-hydrogen) atoms. The number of rotatable bonds is 8. The van der Waals surface area contributed by atoms with Gasteiger partial charge in [-0.1, -0.05) is 23.4 Å². The van der Waals surface area contributed by atoms with Gasteiger partial charge in [0.05, 0.1) is 19.2 Å². The molecule has 1 aliphatic rings. The molecule has 0 atom stereocenters. The summed E-state index contributed by atoms with van der Waals surface area (Å²) in [5, 5.41) is 11.2. The number of aromatic nitrogens is 5. The number of fused-ring (bicyclic) bond motifs is 3. The second-order valence-corrected chi connectivity index (χ2v) is 12.2. The summed E-state index contributed by atoms with van der Waals surface area (Å²) in [6, 6.07) is 5.60. The molecule has 0 radical (unpaired) electrons. The number of pyridine rings is 1. The molecule has 0 bridgehead atoms. The van der Waals surface area contributed by atoms with Crippen molar-refractivity contribution in [1.29, 1.82) is 0 Å². The molecule has 224 valence electrons. The number of ether oxygens (including phenoxy) is 3. The van der Waals surface area contributed by atoms with Crippen molar-refractivity contribution in [3.8, 4) is 22.6 Å². The molecule has 0 spiro atoms. The largest absolute Gasteiger partial charge is 0.497 e. The summed E-state index contributed by atoms with van der Waals surface area (Å²) in [6.45, 7) is 9.43. The summed E-state index contributed by atoms with van der Waals surface area (Å²) in [7, 11) is 3.18. The third-order valence-electron chi connectivity index (χ3n) is 7.10. The number of amides is 1. The number of hydrogen-bond donors (Lipinski definition) is 0. The molecular formula is C29H36ClN7O4S. The number of benzene rings is 1. The van der Waals surface area contributed by atoms with Crippen molar-refractivity contribution in [3.05, 3.63) is 35.2 Å². The van der Waals surface area contributed by atoms with E-state index in [0.717, 1.165) is 54.0 Å². The molecule has 0 unspecified atom stereocenters. The first-order valence-corrected chi connectivity index (χ1v) is 15.4. The Morgan fingerprint density at radius 1 is 1.02 bits per heavy atom. The fraction of sp³-hybridized carbons (Fsp3) is 0.483. The first-order chi connectivity index (χ1) is 20.1. The fourth-order valence-electron chi connectivity index (χ4n) is 5.02. The number of thioether (sulfide) groups is 1. The van der Waals surface area contributed by atoms with Crippen LogP contribution in [0.2, 0.25) is 5.02 Å². The number of aryl methyl sites for hydroxylation is 1. The molecule has 3 aromatic heterocycles. The summed E-state index contributed by atoms with van der Waals surface area (Å²) in [5.74, 6) is 1.93. The van der Waals surface area contributed by atoms with E-state index in [4.69, 9.17) is 30.8 Å². The van der Waals surface area contributed by atoms with E-state index in [1.807, 2.05) is 49.8 Å². The summed E-state index contributed by atoms with van der Waals surface area (Å²) in [4.78, 5) is 25.9. The monoisotopic (exact) mass is 613 g/mol. The van der Waals surface area contributed by atoms with Crippen LogP contribution < -0.4 is 9.47 Å². The van der Waals surface area contributed by atoms with Crippen molar-refractivity contribution in [2.24, 2.45) is 0 Å². The number of carbonyl (C=O) groups excluding carboxylic acids is 1. The third kappa shape index (κ3) is 6.35. The molecule has 0 saturated carbocycles. The Kier molecular flexibility index (Phi) is 8.95. The van der Waals surface area contributed by atoms with Crippen LogP contribution in [0.5, 0.6) is 11.5 Å². The van der Waals surface area contributed by atoms with Crippen LogP contribution in [0.3, 0.4) is 0 Å². The Balaban J connectivity index is 1.41. The molecule has 1 saturated heterocycles. The Labute approximate surface area is 254 Å². The van der Waals surface area contributed by atoms with E-state index in [1.54, 1.807) is 25.2 Å². The first-order valence-electron chi connectivity index (χ1n) is 13.8. The second-order valence-electron chi connectivity index (χ2n) is 11.1. The molecule has 13 heteroatoms. The Morgan fingerprint density at radius 3 is 2.45 bits per heavy atom. The van der Waals surface area contributed by atoms with Crippen molar-refractivity contribution in [2.45, 2.75) is 44.4 Å². The molecule has 5 rings (SSSR count). The first kappa shape index (κ1) is 30.1. The van der Waals surface area contributed by atoms with Crippen LogP contribution in [-0.2, 0) is 11.2 Å². The highest BCUT2D eigenvalue weighted by atomic mass is 35.5. The van der Waals surface area contributed by atoms with Crippen LogP contribution in [0.1, 0.15) is 33.0 Å². The van der Waals surface area contributed by atoms with Crippen LogP contribution in [0.15, 0.2) is 29.6 Å². The van der Waals surface area contributed by atoms with Gasteiger partial charge in [0.2, 0.25) is 0 Å². The summed E-state index contributed by atoms with van der Waals surface area (Å²) >= 11 is 8.28. The van der Waals surface area contributed by atoms with Crippen LogP contribution in [0, 0.1) is 0 Å². The van der Waals surface area contributed by atoms with E-state index in [9.17, 15) is 4.79 Å². The number of nitrogens with zero attached hydrogens (tertiary/aromatic N) is 7. The Hall–Kier alpha value is -3.35. The third-order valence-corrected chi connectivity index (χ3v) is 8.05. The molecule has 4 heterocycles. The summed E-state index contributed by atoms with van der Waals surface area (Å²) in [6.07, 6.45) is 5.08. The maximum Gasteiger partial charge on any atom is 0.410 e. The van der Waals surface area contributed by atoms with Crippen molar-refractivity contribution in [3.63, 3.8) is 0 Å². The predicted octanol–water partition coefficient (Wildman–Crippen LogP) is 5.22. The van der Waals surface area contributed by atoms with Crippen molar-refractivity contribution < 1.29 is 19.0 Å². The van der Waals surface area contributed by atoms with E-state index in [2.05, 4.69) is 20.1 Å². The molecule has 1 aromatic carbocycles. The van der Waals surface area contributed by atoms with E-state index in [0.29, 0.717) is 46.8 Å². The SMILES string of the molecule is COc1cc(OC)c(Cl)c(-c2cc3cnc(SC)nc3n3c(CCCN4CCN(C(=O)OC(C)(C)C)CC4)nnc23)c1.